The minimum absolute atomic E-state index is 0.0173. The quantitative estimate of drug-likeness (QED) is 0.733. The molecule has 8 heteroatoms. The van der Waals surface area contributed by atoms with Crippen molar-refractivity contribution in [3.63, 3.8) is 0 Å². The number of hydrogen-bond donors (Lipinski definition) is 2. The maximum absolute atomic E-state index is 13.2. The summed E-state index contributed by atoms with van der Waals surface area (Å²) in [4.78, 5) is 40.6. The molecule has 3 amide bonds. The first kappa shape index (κ1) is 22.2. The third-order valence-electron chi connectivity index (χ3n) is 7.35. The van der Waals surface area contributed by atoms with Gasteiger partial charge in [0.1, 0.15) is 5.69 Å². The van der Waals surface area contributed by atoms with Crippen LogP contribution >= 0.6 is 0 Å². The predicted octanol–water partition coefficient (Wildman–Crippen LogP) is 3.43. The Morgan fingerprint density at radius 3 is 2.47 bits per heavy atom. The van der Waals surface area contributed by atoms with Crippen LogP contribution in [0.2, 0.25) is 0 Å². The van der Waals surface area contributed by atoms with Crippen LogP contribution in [0.3, 0.4) is 0 Å². The van der Waals surface area contributed by atoms with Crippen molar-refractivity contribution in [3.05, 3.63) is 63.6 Å². The lowest BCUT2D eigenvalue weighted by Crippen LogP contribution is -2.53. The van der Waals surface area contributed by atoms with E-state index >= 15 is 0 Å². The molecule has 2 aromatic rings. The van der Waals surface area contributed by atoms with Gasteiger partial charge in [-0.3, -0.25) is 9.59 Å². The number of nitriles is 1. The van der Waals surface area contributed by atoms with Crippen LogP contribution in [0, 0.1) is 17.2 Å². The number of urea groups is 1. The smallest absolute Gasteiger partial charge is 0.317 e. The van der Waals surface area contributed by atoms with Crippen molar-refractivity contribution >= 4 is 17.6 Å². The summed E-state index contributed by atoms with van der Waals surface area (Å²) in [5.41, 5.74) is 1.81. The highest BCUT2D eigenvalue weighted by atomic mass is 16.2. The number of nitrogens with one attached hydrogen (secondary N) is 2. The fourth-order valence-corrected chi connectivity index (χ4v) is 5.61. The molecule has 176 valence electrons. The van der Waals surface area contributed by atoms with Gasteiger partial charge in [0.2, 0.25) is 0 Å². The van der Waals surface area contributed by atoms with Crippen LogP contribution in [0.5, 0.6) is 0 Å². The standard InChI is InChI=1S/C26H29N5O3/c27-13-17-6-8-19(9-7-17)24(32)29-22-10-11-23-20-12-18(15-31(23)25(22)33)14-30(16-20)26(34)28-21-4-2-1-3-5-21/h6-11,18,20-21H,1-5,12,14-16H2,(H,28,34)(H,29,32)/t18-,20+/m0/s1. The normalized spacial score (nSPS) is 21.8. The van der Waals surface area contributed by atoms with Crippen molar-refractivity contribution in [2.75, 3.05) is 18.4 Å². The van der Waals surface area contributed by atoms with Crippen LogP contribution in [-0.2, 0) is 6.54 Å². The van der Waals surface area contributed by atoms with E-state index in [2.05, 4.69) is 10.6 Å². The van der Waals surface area contributed by atoms with E-state index in [4.69, 9.17) is 5.26 Å². The first-order valence-electron chi connectivity index (χ1n) is 12.1. The number of anilines is 1. The second kappa shape index (κ2) is 9.34. The van der Waals surface area contributed by atoms with E-state index in [1.165, 1.54) is 19.3 Å². The fourth-order valence-electron chi connectivity index (χ4n) is 5.61. The molecule has 34 heavy (non-hydrogen) atoms. The third-order valence-corrected chi connectivity index (χ3v) is 7.35. The van der Waals surface area contributed by atoms with Crippen LogP contribution in [-0.4, -0.2) is 40.5 Å². The topological polar surface area (TPSA) is 107 Å². The summed E-state index contributed by atoms with van der Waals surface area (Å²) < 4.78 is 1.77. The summed E-state index contributed by atoms with van der Waals surface area (Å²) in [5, 5.41) is 14.9. The molecule has 8 nitrogen and oxygen atoms in total. The molecule has 5 rings (SSSR count). The highest BCUT2D eigenvalue weighted by Crippen LogP contribution is 2.35. The van der Waals surface area contributed by atoms with Gasteiger partial charge in [-0.2, -0.15) is 5.26 Å². The van der Waals surface area contributed by atoms with Crippen molar-refractivity contribution in [2.45, 2.75) is 57.0 Å². The number of rotatable bonds is 3. The molecule has 0 radical (unpaired) electrons. The molecular weight excluding hydrogens is 430 g/mol. The molecule has 3 aliphatic rings. The minimum atomic E-state index is -0.385. The zero-order valence-electron chi connectivity index (χ0n) is 19.1. The molecule has 3 heterocycles. The molecular formula is C26H29N5O3. The zero-order chi connectivity index (χ0) is 23.7. The van der Waals surface area contributed by atoms with Crippen LogP contribution in [0.1, 0.15) is 66.1 Å². The Kier molecular flexibility index (Phi) is 6.10. The van der Waals surface area contributed by atoms with Gasteiger partial charge in [0.05, 0.1) is 11.6 Å². The summed E-state index contributed by atoms with van der Waals surface area (Å²) in [6.45, 7) is 1.78. The third kappa shape index (κ3) is 4.43. The van der Waals surface area contributed by atoms with Gasteiger partial charge in [-0.25, -0.2) is 4.79 Å². The van der Waals surface area contributed by atoms with Gasteiger partial charge in [0.15, 0.2) is 0 Å². The molecule has 1 aromatic carbocycles. The Hall–Kier alpha value is -3.60. The molecule has 2 fully saturated rings. The SMILES string of the molecule is N#Cc1ccc(C(=O)Nc2ccc3n(c2=O)C[C@H]2C[C@@H]3CN(C(=O)NC3CCCCC3)C2)cc1. The van der Waals surface area contributed by atoms with Gasteiger partial charge in [-0.05, 0) is 61.6 Å². The Bertz CT molecular complexity index is 1190. The molecule has 0 unspecified atom stereocenters. The van der Waals surface area contributed by atoms with Crippen molar-refractivity contribution in [1.29, 1.82) is 5.26 Å². The lowest BCUT2D eigenvalue weighted by molar-refractivity contribution is 0.102. The van der Waals surface area contributed by atoms with Gasteiger partial charge in [-0.1, -0.05) is 19.3 Å². The summed E-state index contributed by atoms with van der Waals surface area (Å²) in [7, 11) is 0. The minimum Gasteiger partial charge on any atom is -0.335 e. The number of carbonyl (C=O) groups is 2. The molecule has 1 aromatic heterocycles. The molecule has 2 atom stereocenters. The highest BCUT2D eigenvalue weighted by Gasteiger charge is 2.37. The van der Waals surface area contributed by atoms with Gasteiger partial charge >= 0.3 is 6.03 Å². The number of aromatic nitrogens is 1. The summed E-state index contributed by atoms with van der Waals surface area (Å²) >= 11 is 0. The molecule has 2 aliphatic heterocycles. The monoisotopic (exact) mass is 459 g/mol. The number of amides is 3. The van der Waals surface area contributed by atoms with Crippen LogP contribution in [0.4, 0.5) is 10.5 Å². The second-order valence-corrected chi connectivity index (χ2v) is 9.72. The second-order valence-electron chi connectivity index (χ2n) is 9.72. The maximum Gasteiger partial charge on any atom is 0.317 e. The number of carbonyl (C=O) groups excluding carboxylic acids is 2. The highest BCUT2D eigenvalue weighted by molar-refractivity contribution is 6.04. The first-order chi connectivity index (χ1) is 16.5. The summed E-state index contributed by atoms with van der Waals surface area (Å²) in [6, 6.07) is 12.2. The Morgan fingerprint density at radius 2 is 1.74 bits per heavy atom. The lowest BCUT2D eigenvalue weighted by atomic mass is 9.83. The van der Waals surface area contributed by atoms with Crippen molar-refractivity contribution < 1.29 is 9.59 Å². The lowest BCUT2D eigenvalue weighted by Gasteiger charge is -2.43. The number of benzene rings is 1. The summed E-state index contributed by atoms with van der Waals surface area (Å²) in [5.74, 6) is -0.0604. The van der Waals surface area contributed by atoms with E-state index in [0.717, 1.165) is 25.0 Å². The fraction of sp³-hybridized carbons (Fsp3) is 0.462. The average molecular weight is 460 g/mol. The van der Waals surface area contributed by atoms with Gasteiger partial charge in [0.25, 0.3) is 11.5 Å². The van der Waals surface area contributed by atoms with E-state index < -0.39 is 0 Å². The summed E-state index contributed by atoms with van der Waals surface area (Å²) in [6.07, 6.45) is 6.68. The number of hydrogen-bond acceptors (Lipinski definition) is 4. The van der Waals surface area contributed by atoms with Crippen molar-refractivity contribution in [2.24, 2.45) is 5.92 Å². The largest absolute Gasteiger partial charge is 0.335 e. The average Bonchev–Trinajstić information content (AvgIpc) is 2.86. The number of likely N-dealkylation sites (tertiary alicyclic amines) is 1. The van der Waals surface area contributed by atoms with E-state index in [9.17, 15) is 14.4 Å². The van der Waals surface area contributed by atoms with Gasteiger partial charge < -0.3 is 20.1 Å². The van der Waals surface area contributed by atoms with E-state index in [1.807, 2.05) is 17.0 Å². The van der Waals surface area contributed by atoms with Crippen LogP contribution in [0.15, 0.2) is 41.2 Å². The van der Waals surface area contributed by atoms with E-state index in [0.29, 0.717) is 30.8 Å². The maximum atomic E-state index is 13.2. The molecule has 1 aliphatic carbocycles. The molecule has 1 saturated heterocycles. The van der Waals surface area contributed by atoms with Crippen LogP contribution < -0.4 is 16.2 Å². The predicted molar refractivity (Wildman–Crippen MR) is 128 cm³/mol. The zero-order valence-corrected chi connectivity index (χ0v) is 19.1. The van der Waals surface area contributed by atoms with Crippen molar-refractivity contribution in [3.8, 4) is 6.07 Å². The van der Waals surface area contributed by atoms with E-state index in [-0.39, 0.29) is 41.1 Å². The Balaban J connectivity index is 1.29. The molecule has 1 saturated carbocycles. The first-order valence-corrected chi connectivity index (χ1v) is 12.1. The molecule has 0 spiro atoms. The van der Waals surface area contributed by atoms with Crippen molar-refractivity contribution in [1.82, 2.24) is 14.8 Å². The number of nitrogens with zero attached hydrogens (tertiary/aromatic N) is 3. The van der Waals surface area contributed by atoms with Gasteiger partial charge in [-0.15, -0.1) is 0 Å². The number of pyridine rings is 1. The Morgan fingerprint density at radius 1 is 0.971 bits per heavy atom. The van der Waals surface area contributed by atoms with Crippen LogP contribution in [0.25, 0.3) is 0 Å². The number of fused-ring (bicyclic) bond motifs is 4. The number of piperidine rings is 1. The molecule has 2 bridgehead atoms. The molecule has 2 N–H and O–H groups in total. The van der Waals surface area contributed by atoms with Gasteiger partial charge in [0, 0.05) is 42.9 Å². The van der Waals surface area contributed by atoms with E-state index in [1.54, 1.807) is 34.9 Å². The Labute approximate surface area is 198 Å².